The van der Waals surface area contributed by atoms with Gasteiger partial charge in [-0.05, 0) is 31.5 Å². The van der Waals surface area contributed by atoms with Crippen LogP contribution < -0.4 is 10.1 Å². The van der Waals surface area contributed by atoms with Crippen LogP contribution in [-0.2, 0) is 11.2 Å². The third kappa shape index (κ3) is 4.03. The predicted octanol–water partition coefficient (Wildman–Crippen LogP) is 2.43. The SMILES string of the molecule is CCOc1ccc(CC(=O)Nc2nc(C)ns2)cc1. The number of aryl methyl sites for hydroxylation is 1. The lowest BCUT2D eigenvalue weighted by atomic mass is 10.1. The zero-order chi connectivity index (χ0) is 13.7. The van der Waals surface area contributed by atoms with E-state index in [1.807, 2.05) is 31.2 Å². The van der Waals surface area contributed by atoms with Crippen molar-refractivity contribution >= 4 is 22.6 Å². The van der Waals surface area contributed by atoms with E-state index in [1.54, 1.807) is 6.92 Å². The van der Waals surface area contributed by atoms with Gasteiger partial charge < -0.3 is 10.1 Å². The predicted molar refractivity (Wildman–Crippen MR) is 74.6 cm³/mol. The third-order valence-corrected chi connectivity index (χ3v) is 3.09. The second-order valence-electron chi connectivity index (χ2n) is 3.95. The fourth-order valence-electron chi connectivity index (χ4n) is 1.57. The van der Waals surface area contributed by atoms with Crippen LogP contribution in [0, 0.1) is 6.92 Å². The molecule has 100 valence electrons. The van der Waals surface area contributed by atoms with E-state index in [-0.39, 0.29) is 5.91 Å². The topological polar surface area (TPSA) is 64.1 Å². The summed E-state index contributed by atoms with van der Waals surface area (Å²) in [5.41, 5.74) is 0.933. The number of nitrogens with one attached hydrogen (secondary N) is 1. The van der Waals surface area contributed by atoms with Crippen LogP contribution in [0.25, 0.3) is 0 Å². The lowest BCUT2D eigenvalue weighted by Gasteiger charge is -2.04. The molecule has 0 bridgehead atoms. The summed E-state index contributed by atoms with van der Waals surface area (Å²) in [7, 11) is 0. The number of carbonyl (C=O) groups excluding carboxylic acids is 1. The van der Waals surface area contributed by atoms with Crippen LogP contribution in [0.3, 0.4) is 0 Å². The van der Waals surface area contributed by atoms with Crippen molar-refractivity contribution in [2.24, 2.45) is 0 Å². The molecule has 0 saturated heterocycles. The fourth-order valence-corrected chi connectivity index (χ4v) is 2.16. The highest BCUT2D eigenvalue weighted by molar-refractivity contribution is 7.09. The van der Waals surface area contributed by atoms with Gasteiger partial charge in [-0.1, -0.05) is 12.1 Å². The van der Waals surface area contributed by atoms with Gasteiger partial charge in [0.05, 0.1) is 13.0 Å². The van der Waals surface area contributed by atoms with E-state index in [2.05, 4.69) is 14.7 Å². The maximum Gasteiger partial charge on any atom is 0.230 e. The molecule has 0 atom stereocenters. The molecule has 0 aliphatic rings. The number of rotatable bonds is 5. The summed E-state index contributed by atoms with van der Waals surface area (Å²) in [5, 5.41) is 3.26. The van der Waals surface area contributed by atoms with Gasteiger partial charge in [0.15, 0.2) is 0 Å². The third-order valence-electron chi connectivity index (χ3n) is 2.37. The molecule has 0 aliphatic heterocycles. The van der Waals surface area contributed by atoms with E-state index < -0.39 is 0 Å². The zero-order valence-corrected chi connectivity index (χ0v) is 11.7. The quantitative estimate of drug-likeness (QED) is 0.911. The molecule has 1 N–H and O–H groups in total. The summed E-state index contributed by atoms with van der Waals surface area (Å²) < 4.78 is 9.36. The molecule has 0 spiro atoms. The summed E-state index contributed by atoms with van der Waals surface area (Å²) in [6.07, 6.45) is 0.311. The number of hydrogen-bond acceptors (Lipinski definition) is 5. The Kier molecular flexibility index (Phi) is 4.46. The molecule has 2 aromatic rings. The molecule has 0 aliphatic carbocycles. The van der Waals surface area contributed by atoms with Crippen LogP contribution in [0.1, 0.15) is 18.3 Å². The van der Waals surface area contributed by atoms with Gasteiger partial charge in [0.2, 0.25) is 11.0 Å². The van der Waals surface area contributed by atoms with Crippen molar-refractivity contribution in [3.8, 4) is 5.75 Å². The summed E-state index contributed by atoms with van der Waals surface area (Å²) in [6.45, 7) is 4.36. The van der Waals surface area contributed by atoms with Gasteiger partial charge in [-0.15, -0.1) is 0 Å². The second kappa shape index (κ2) is 6.29. The van der Waals surface area contributed by atoms with Crippen molar-refractivity contribution in [1.82, 2.24) is 9.36 Å². The first kappa shape index (κ1) is 13.5. The van der Waals surface area contributed by atoms with E-state index in [0.29, 0.717) is 24.0 Å². The minimum atomic E-state index is -0.0969. The Balaban J connectivity index is 1.91. The highest BCUT2D eigenvalue weighted by atomic mass is 32.1. The van der Waals surface area contributed by atoms with Crippen LogP contribution >= 0.6 is 11.5 Å². The highest BCUT2D eigenvalue weighted by Crippen LogP contribution is 2.14. The van der Waals surface area contributed by atoms with Crippen molar-refractivity contribution in [1.29, 1.82) is 0 Å². The number of anilines is 1. The lowest BCUT2D eigenvalue weighted by molar-refractivity contribution is -0.115. The van der Waals surface area contributed by atoms with Gasteiger partial charge in [0.25, 0.3) is 0 Å². The number of amides is 1. The first-order valence-corrected chi connectivity index (χ1v) is 6.76. The monoisotopic (exact) mass is 277 g/mol. The van der Waals surface area contributed by atoms with Gasteiger partial charge >= 0.3 is 0 Å². The molecule has 6 heteroatoms. The molecular weight excluding hydrogens is 262 g/mol. The average molecular weight is 277 g/mol. The summed E-state index contributed by atoms with van der Waals surface area (Å²) >= 11 is 1.18. The van der Waals surface area contributed by atoms with Gasteiger partial charge in [0.1, 0.15) is 11.6 Å². The Bertz CT molecular complexity index is 551. The molecule has 2 rings (SSSR count). The first-order chi connectivity index (χ1) is 9.17. The summed E-state index contributed by atoms with van der Waals surface area (Å²) in [4.78, 5) is 15.9. The largest absolute Gasteiger partial charge is 0.494 e. The van der Waals surface area contributed by atoms with Crippen molar-refractivity contribution in [2.75, 3.05) is 11.9 Å². The molecule has 1 heterocycles. The van der Waals surface area contributed by atoms with E-state index in [0.717, 1.165) is 11.3 Å². The zero-order valence-electron chi connectivity index (χ0n) is 10.8. The average Bonchev–Trinajstić information content (AvgIpc) is 2.77. The minimum absolute atomic E-state index is 0.0969. The maximum atomic E-state index is 11.8. The number of nitrogens with zero attached hydrogens (tertiary/aromatic N) is 2. The number of aromatic nitrogens is 2. The van der Waals surface area contributed by atoms with Crippen molar-refractivity contribution in [3.05, 3.63) is 35.7 Å². The Labute approximate surface area is 115 Å². The van der Waals surface area contributed by atoms with Crippen molar-refractivity contribution in [2.45, 2.75) is 20.3 Å². The number of benzene rings is 1. The van der Waals surface area contributed by atoms with E-state index >= 15 is 0 Å². The molecule has 0 unspecified atom stereocenters. The van der Waals surface area contributed by atoms with Gasteiger partial charge in [-0.3, -0.25) is 4.79 Å². The molecule has 5 nitrogen and oxygen atoms in total. The van der Waals surface area contributed by atoms with Crippen molar-refractivity contribution < 1.29 is 9.53 Å². The Morgan fingerprint density at radius 2 is 2.11 bits per heavy atom. The lowest BCUT2D eigenvalue weighted by Crippen LogP contribution is -2.14. The van der Waals surface area contributed by atoms with Gasteiger partial charge in [-0.2, -0.15) is 4.37 Å². The van der Waals surface area contributed by atoms with Crippen molar-refractivity contribution in [3.63, 3.8) is 0 Å². The molecule has 19 heavy (non-hydrogen) atoms. The summed E-state index contributed by atoms with van der Waals surface area (Å²) in [6, 6.07) is 7.49. The van der Waals surface area contributed by atoms with Gasteiger partial charge in [-0.25, -0.2) is 4.98 Å². The Hall–Kier alpha value is -1.95. The van der Waals surface area contributed by atoms with E-state index in [9.17, 15) is 4.79 Å². The van der Waals surface area contributed by atoms with E-state index in [4.69, 9.17) is 4.74 Å². The van der Waals surface area contributed by atoms with Crippen LogP contribution in [-0.4, -0.2) is 21.9 Å². The molecule has 1 aromatic carbocycles. The molecule has 0 fully saturated rings. The van der Waals surface area contributed by atoms with Crippen LogP contribution in [0.2, 0.25) is 0 Å². The molecule has 1 amide bonds. The molecule has 0 radical (unpaired) electrons. The molecule has 1 aromatic heterocycles. The summed E-state index contributed by atoms with van der Waals surface area (Å²) in [5.74, 6) is 1.38. The smallest absolute Gasteiger partial charge is 0.230 e. The standard InChI is InChI=1S/C13H15N3O2S/c1-3-18-11-6-4-10(5-7-11)8-12(17)15-13-14-9(2)16-19-13/h4-7H,3,8H2,1-2H3,(H,14,15,16,17). The maximum absolute atomic E-state index is 11.8. The minimum Gasteiger partial charge on any atom is -0.494 e. The first-order valence-electron chi connectivity index (χ1n) is 5.99. The molecular formula is C13H15N3O2S. The second-order valence-corrected chi connectivity index (χ2v) is 4.70. The normalized spacial score (nSPS) is 10.2. The Morgan fingerprint density at radius 3 is 2.68 bits per heavy atom. The fraction of sp³-hybridized carbons (Fsp3) is 0.308. The van der Waals surface area contributed by atoms with Crippen LogP contribution in [0.4, 0.5) is 5.13 Å². The number of hydrogen-bond donors (Lipinski definition) is 1. The number of ether oxygens (including phenoxy) is 1. The molecule has 0 saturated carbocycles. The van der Waals surface area contributed by atoms with Gasteiger partial charge in [0, 0.05) is 11.5 Å². The highest BCUT2D eigenvalue weighted by Gasteiger charge is 2.07. The van der Waals surface area contributed by atoms with Crippen LogP contribution in [0.15, 0.2) is 24.3 Å². The van der Waals surface area contributed by atoms with E-state index in [1.165, 1.54) is 11.5 Å². The number of carbonyl (C=O) groups is 1. The van der Waals surface area contributed by atoms with Crippen LogP contribution in [0.5, 0.6) is 5.75 Å². The Morgan fingerprint density at radius 1 is 1.37 bits per heavy atom.